The SMILES string of the molecule is C.CC(C)C1=Cc2ccccc2C1C.CCC(C)CC(C)C.[2HH].[2HH].[B]. The van der Waals surface area contributed by atoms with Crippen molar-refractivity contribution in [1.29, 1.82) is 0 Å². The minimum absolute atomic E-state index is 0. The second-order valence-corrected chi connectivity index (χ2v) is 7.29. The van der Waals surface area contributed by atoms with Crippen LogP contribution in [0.1, 0.15) is 88.6 Å². The van der Waals surface area contributed by atoms with Crippen molar-refractivity contribution in [2.24, 2.45) is 17.8 Å². The van der Waals surface area contributed by atoms with Crippen LogP contribution in [0.15, 0.2) is 29.8 Å². The predicted octanol–water partition coefficient (Wildman–Crippen LogP) is 7.67. The molecular formula is C22H42B. The summed E-state index contributed by atoms with van der Waals surface area (Å²) in [5, 5.41) is 0. The van der Waals surface area contributed by atoms with Crippen LogP contribution in [0.5, 0.6) is 0 Å². The number of fused-ring (bicyclic) bond motifs is 1. The Kier molecular flexibility index (Phi) is 12.2. The molecule has 0 aliphatic heterocycles. The average Bonchev–Trinajstić information content (AvgIpc) is 2.77. The van der Waals surface area contributed by atoms with E-state index in [4.69, 9.17) is 0 Å². The fraction of sp³-hybridized carbons (Fsp3) is 0.636. The molecule has 0 fully saturated rings. The zero-order chi connectivity index (χ0) is 16.0. The van der Waals surface area contributed by atoms with Crippen LogP contribution >= 0.6 is 0 Å². The lowest BCUT2D eigenvalue weighted by molar-refractivity contribution is 0.429. The van der Waals surface area contributed by atoms with Gasteiger partial charge >= 0.3 is 0 Å². The van der Waals surface area contributed by atoms with Crippen molar-refractivity contribution in [2.45, 2.75) is 74.7 Å². The van der Waals surface area contributed by atoms with E-state index in [1.165, 1.54) is 24.0 Å². The summed E-state index contributed by atoms with van der Waals surface area (Å²) in [6.45, 7) is 16.0. The second kappa shape index (κ2) is 11.5. The van der Waals surface area contributed by atoms with Gasteiger partial charge in [0.25, 0.3) is 0 Å². The molecule has 0 heterocycles. The smallest absolute Gasteiger partial charge is 0.00316 e. The zero-order valence-corrected chi connectivity index (χ0v) is 15.7. The van der Waals surface area contributed by atoms with Crippen LogP contribution in [0.3, 0.4) is 0 Å². The van der Waals surface area contributed by atoms with Gasteiger partial charge in [0.2, 0.25) is 0 Å². The molecule has 23 heavy (non-hydrogen) atoms. The van der Waals surface area contributed by atoms with Crippen LogP contribution in [0.4, 0.5) is 0 Å². The molecule has 1 aliphatic carbocycles. The second-order valence-electron chi connectivity index (χ2n) is 7.29. The highest BCUT2D eigenvalue weighted by Crippen LogP contribution is 2.39. The summed E-state index contributed by atoms with van der Waals surface area (Å²) >= 11 is 0. The first-order valence-corrected chi connectivity index (χ1v) is 8.67. The predicted molar refractivity (Wildman–Crippen MR) is 113 cm³/mol. The molecule has 0 saturated carbocycles. The molecule has 0 bridgehead atoms. The normalized spacial score (nSPS) is 16.6. The molecule has 1 aliphatic rings. The maximum absolute atomic E-state index is 2.35. The van der Waals surface area contributed by atoms with Gasteiger partial charge in [-0.3, -0.25) is 0 Å². The molecule has 0 amide bonds. The lowest BCUT2D eigenvalue weighted by atomic mass is 9.91. The lowest BCUT2D eigenvalue weighted by Gasteiger charge is -2.13. The summed E-state index contributed by atoms with van der Waals surface area (Å²) in [7, 11) is 0. The average molecular weight is 319 g/mol. The molecule has 2 rings (SSSR count). The summed E-state index contributed by atoms with van der Waals surface area (Å²) in [6, 6.07) is 8.70. The number of benzene rings is 1. The van der Waals surface area contributed by atoms with E-state index in [2.05, 4.69) is 78.8 Å². The van der Waals surface area contributed by atoms with E-state index in [0.29, 0.717) is 11.8 Å². The quantitative estimate of drug-likeness (QED) is 0.499. The summed E-state index contributed by atoms with van der Waals surface area (Å²) in [5.74, 6) is 3.10. The van der Waals surface area contributed by atoms with Crippen molar-refractivity contribution in [3.63, 3.8) is 0 Å². The number of hydrogen-bond donors (Lipinski definition) is 0. The first kappa shape index (κ1) is 24.3. The van der Waals surface area contributed by atoms with Crippen molar-refractivity contribution < 1.29 is 2.85 Å². The summed E-state index contributed by atoms with van der Waals surface area (Å²) < 4.78 is 0. The third-order valence-electron chi connectivity index (χ3n) is 4.52. The summed E-state index contributed by atoms with van der Waals surface area (Å²) in [6.07, 6.45) is 5.07. The number of hydrogen-bond acceptors (Lipinski definition) is 0. The van der Waals surface area contributed by atoms with Gasteiger partial charge in [0, 0.05) is 17.2 Å². The lowest BCUT2D eigenvalue weighted by Crippen LogP contribution is -1.99. The molecule has 133 valence electrons. The highest BCUT2D eigenvalue weighted by Gasteiger charge is 2.21. The van der Waals surface area contributed by atoms with E-state index in [1.807, 2.05) is 0 Å². The zero-order valence-electron chi connectivity index (χ0n) is 15.7. The standard InChI is InChI=1S/C13H16.C8H18.CH4.B.2H2/c1-9(2)13-8-11-6-4-5-7-12(11)10(13)3;1-5-8(4)6-7(2)3;;;;/h4-10H,1-3H3;7-8H,5-6H2,1-4H3;1H4;;2*1H/i;;;;2*1+1. The first-order chi connectivity index (χ1) is 9.86. The van der Waals surface area contributed by atoms with Crippen molar-refractivity contribution in [3.8, 4) is 0 Å². The third-order valence-corrected chi connectivity index (χ3v) is 4.52. The van der Waals surface area contributed by atoms with Gasteiger partial charge in [-0.05, 0) is 35.3 Å². The van der Waals surface area contributed by atoms with Crippen LogP contribution in [-0.4, -0.2) is 8.41 Å². The Morgan fingerprint density at radius 3 is 2.00 bits per heavy atom. The van der Waals surface area contributed by atoms with Crippen LogP contribution in [0, 0.1) is 17.8 Å². The topological polar surface area (TPSA) is 0 Å². The van der Waals surface area contributed by atoms with Gasteiger partial charge in [0.05, 0.1) is 0 Å². The molecule has 1 aromatic carbocycles. The van der Waals surface area contributed by atoms with Gasteiger partial charge in [0.1, 0.15) is 0 Å². The highest BCUT2D eigenvalue weighted by molar-refractivity contribution is 5.75. The molecule has 0 saturated heterocycles. The maximum atomic E-state index is 2.35. The van der Waals surface area contributed by atoms with Crippen LogP contribution < -0.4 is 0 Å². The Hall–Kier alpha value is -0.975. The Morgan fingerprint density at radius 1 is 1.04 bits per heavy atom. The molecule has 1 aromatic rings. The number of allylic oxidation sites excluding steroid dienone is 1. The largest absolute Gasteiger partial charge is 0.0776 e. The highest BCUT2D eigenvalue weighted by atomic mass is 14.3. The molecule has 0 nitrogen and oxygen atoms in total. The monoisotopic (exact) mass is 319 g/mol. The number of rotatable bonds is 4. The van der Waals surface area contributed by atoms with E-state index in [0.717, 1.165) is 11.8 Å². The summed E-state index contributed by atoms with van der Waals surface area (Å²) in [5.41, 5.74) is 4.48. The summed E-state index contributed by atoms with van der Waals surface area (Å²) in [4.78, 5) is 0. The minimum atomic E-state index is 0. The first-order valence-electron chi connectivity index (χ1n) is 8.67. The van der Waals surface area contributed by atoms with Crippen LogP contribution in [-0.2, 0) is 0 Å². The van der Waals surface area contributed by atoms with Gasteiger partial charge in [-0.15, -0.1) is 0 Å². The fourth-order valence-electron chi connectivity index (χ4n) is 3.16. The molecule has 2 atom stereocenters. The molecule has 0 spiro atoms. The molecule has 2 unspecified atom stereocenters. The van der Waals surface area contributed by atoms with Crippen molar-refractivity contribution in [1.82, 2.24) is 0 Å². The molecule has 0 aromatic heterocycles. The Labute approximate surface area is 151 Å². The van der Waals surface area contributed by atoms with E-state index >= 15 is 0 Å². The van der Waals surface area contributed by atoms with Gasteiger partial charge in [-0.2, -0.15) is 0 Å². The van der Waals surface area contributed by atoms with Crippen molar-refractivity contribution >= 4 is 14.5 Å². The van der Waals surface area contributed by atoms with Crippen molar-refractivity contribution in [3.05, 3.63) is 41.0 Å². The Balaban J connectivity index is -0.000000166. The van der Waals surface area contributed by atoms with E-state index < -0.39 is 0 Å². The molecule has 3 radical (unpaired) electrons. The van der Waals surface area contributed by atoms with Crippen molar-refractivity contribution in [2.75, 3.05) is 0 Å². The van der Waals surface area contributed by atoms with Crippen LogP contribution in [0.25, 0.3) is 6.08 Å². The third kappa shape index (κ3) is 7.42. The van der Waals surface area contributed by atoms with Gasteiger partial charge in [-0.25, -0.2) is 0 Å². The van der Waals surface area contributed by atoms with Crippen LogP contribution in [0.2, 0.25) is 0 Å². The van der Waals surface area contributed by atoms with Gasteiger partial charge < -0.3 is 0 Å². The van der Waals surface area contributed by atoms with E-state index in [9.17, 15) is 0 Å². The maximum Gasteiger partial charge on any atom is 0.00316 e. The van der Waals surface area contributed by atoms with E-state index in [1.54, 1.807) is 5.57 Å². The molecule has 1 heteroatoms. The molecular weight excluding hydrogens is 275 g/mol. The van der Waals surface area contributed by atoms with Gasteiger partial charge in [0.15, 0.2) is 0 Å². The van der Waals surface area contributed by atoms with Gasteiger partial charge in [-0.1, -0.05) is 98.2 Å². The Morgan fingerprint density at radius 2 is 1.61 bits per heavy atom. The fourth-order valence-corrected chi connectivity index (χ4v) is 3.16. The van der Waals surface area contributed by atoms with E-state index in [-0.39, 0.29) is 18.7 Å². The Bertz CT molecular complexity index is 467. The molecule has 0 N–H and O–H groups in total. The minimum Gasteiger partial charge on any atom is -0.0776 e.